The summed E-state index contributed by atoms with van der Waals surface area (Å²) in [6, 6.07) is 3.79. The second-order valence-corrected chi connectivity index (χ2v) is 3.17. The number of alkyl halides is 1. The molecule has 0 saturated heterocycles. The van der Waals surface area contributed by atoms with Gasteiger partial charge in [-0.25, -0.2) is 4.98 Å². The minimum Gasteiger partial charge on any atom is -0.478 e. The van der Waals surface area contributed by atoms with Crippen LogP contribution in [-0.2, 0) is 0 Å². The molecule has 1 atom stereocenters. The average molecular weight is 256 g/mol. The van der Waals surface area contributed by atoms with E-state index in [9.17, 15) is 0 Å². The molecular weight excluding hydrogens is 246 g/mol. The highest BCUT2D eigenvalue weighted by molar-refractivity contribution is 9.09. The van der Waals surface area contributed by atoms with Crippen molar-refractivity contribution < 1.29 is 4.74 Å². The molecule has 1 heterocycles. The summed E-state index contributed by atoms with van der Waals surface area (Å²) in [6.45, 7) is 2.44. The predicted octanol–water partition coefficient (Wildman–Crippen LogP) is 1.88. The van der Waals surface area contributed by atoms with Crippen LogP contribution in [0.3, 0.4) is 0 Å². The molecule has 0 radical (unpaired) electrons. The van der Waals surface area contributed by atoms with Crippen LogP contribution in [-0.4, -0.2) is 21.9 Å². The summed E-state index contributed by atoms with van der Waals surface area (Å²) < 4.78 is 5.21. The maximum atomic E-state index is 8.80. The molecule has 1 rings (SSSR count). The molecule has 0 aliphatic carbocycles. The maximum Gasteiger partial charge on any atom is 0.216 e. The fourth-order valence-corrected chi connectivity index (χ4v) is 1.35. The van der Waals surface area contributed by atoms with Crippen LogP contribution in [0.4, 0.5) is 0 Å². The third-order valence-corrected chi connectivity index (χ3v) is 2.21. The Balaban J connectivity index is 2.88. The van der Waals surface area contributed by atoms with Crippen molar-refractivity contribution >= 4 is 15.9 Å². The van der Waals surface area contributed by atoms with Crippen LogP contribution in [0.1, 0.15) is 18.7 Å². The van der Waals surface area contributed by atoms with Crippen LogP contribution in [0, 0.1) is 11.3 Å². The molecule has 0 fully saturated rings. The Kier molecular flexibility index (Phi) is 4.33. The van der Waals surface area contributed by atoms with Crippen LogP contribution in [0.2, 0.25) is 0 Å². The zero-order valence-corrected chi connectivity index (χ0v) is 9.36. The van der Waals surface area contributed by atoms with Gasteiger partial charge in [0, 0.05) is 17.6 Å². The van der Waals surface area contributed by atoms with E-state index in [0.29, 0.717) is 23.6 Å². The third kappa shape index (κ3) is 2.67. The van der Waals surface area contributed by atoms with Gasteiger partial charge in [0.1, 0.15) is 11.7 Å². The number of hydrogen-bond donors (Lipinski definition) is 0. The lowest BCUT2D eigenvalue weighted by Gasteiger charge is -2.05. The van der Waals surface area contributed by atoms with Gasteiger partial charge in [0.15, 0.2) is 0 Å². The van der Waals surface area contributed by atoms with Gasteiger partial charge >= 0.3 is 0 Å². The normalized spacial score (nSPS) is 11.8. The molecular formula is C9H10BrN3O. The molecule has 0 aromatic carbocycles. The first-order valence-electron chi connectivity index (χ1n) is 4.23. The van der Waals surface area contributed by atoms with Gasteiger partial charge in [-0.2, -0.15) is 10.2 Å². The van der Waals surface area contributed by atoms with E-state index in [2.05, 4.69) is 32.0 Å². The molecule has 74 valence electrons. The smallest absolute Gasteiger partial charge is 0.216 e. The molecule has 1 aromatic rings. The number of hydrogen-bond acceptors (Lipinski definition) is 4. The molecule has 1 aromatic heterocycles. The van der Waals surface area contributed by atoms with Gasteiger partial charge in [0.05, 0.1) is 12.7 Å². The summed E-state index contributed by atoms with van der Waals surface area (Å²) in [6.07, 6.45) is 1.60. The van der Waals surface area contributed by atoms with Crippen molar-refractivity contribution in [1.82, 2.24) is 9.97 Å². The van der Waals surface area contributed by atoms with Crippen molar-refractivity contribution in [2.24, 2.45) is 0 Å². The largest absolute Gasteiger partial charge is 0.478 e. The number of aromatic nitrogens is 2. The summed E-state index contributed by atoms with van der Waals surface area (Å²) in [5.41, 5.74) is 0. The SMILES string of the molecule is CCOc1ccnc(C(C#N)CBr)n1. The lowest BCUT2D eigenvalue weighted by Crippen LogP contribution is -2.05. The molecule has 0 aliphatic rings. The fraction of sp³-hybridized carbons (Fsp3) is 0.444. The summed E-state index contributed by atoms with van der Waals surface area (Å²) in [7, 11) is 0. The highest BCUT2D eigenvalue weighted by Crippen LogP contribution is 2.15. The number of halogens is 1. The van der Waals surface area contributed by atoms with Crippen LogP contribution in [0.15, 0.2) is 12.3 Å². The Morgan fingerprint density at radius 2 is 2.50 bits per heavy atom. The fourth-order valence-electron chi connectivity index (χ4n) is 0.914. The van der Waals surface area contributed by atoms with E-state index in [0.717, 1.165) is 0 Å². The maximum absolute atomic E-state index is 8.80. The molecule has 1 unspecified atom stereocenters. The summed E-state index contributed by atoms with van der Waals surface area (Å²) in [4.78, 5) is 8.14. The van der Waals surface area contributed by atoms with Crippen LogP contribution >= 0.6 is 15.9 Å². The van der Waals surface area contributed by atoms with Gasteiger partial charge in [-0.05, 0) is 6.92 Å². The molecule has 0 amide bonds. The Hall–Kier alpha value is -1.15. The minimum atomic E-state index is -0.324. The molecule has 0 saturated carbocycles. The average Bonchev–Trinajstić information content (AvgIpc) is 2.21. The van der Waals surface area contributed by atoms with Crippen LogP contribution in [0.5, 0.6) is 5.88 Å². The van der Waals surface area contributed by atoms with Gasteiger partial charge in [-0.1, -0.05) is 15.9 Å². The zero-order chi connectivity index (χ0) is 10.4. The van der Waals surface area contributed by atoms with Crippen molar-refractivity contribution in [3.8, 4) is 11.9 Å². The van der Waals surface area contributed by atoms with Crippen molar-refractivity contribution in [2.45, 2.75) is 12.8 Å². The second-order valence-electron chi connectivity index (χ2n) is 2.52. The molecule has 0 spiro atoms. The Morgan fingerprint density at radius 3 is 3.07 bits per heavy atom. The van der Waals surface area contributed by atoms with Crippen LogP contribution in [0.25, 0.3) is 0 Å². The number of nitrogens with zero attached hydrogens (tertiary/aromatic N) is 3. The standard InChI is InChI=1S/C9H10BrN3O/c1-2-14-8-3-4-12-9(13-8)7(5-10)6-11/h3-4,7H,2,5H2,1H3. The van der Waals surface area contributed by atoms with Gasteiger partial charge in [-0.15, -0.1) is 0 Å². The predicted molar refractivity (Wildman–Crippen MR) is 55.3 cm³/mol. The van der Waals surface area contributed by atoms with E-state index in [4.69, 9.17) is 10.00 Å². The van der Waals surface area contributed by atoms with Crippen molar-refractivity contribution in [3.05, 3.63) is 18.1 Å². The molecule has 4 nitrogen and oxygen atoms in total. The van der Waals surface area contributed by atoms with Gasteiger partial charge in [0.2, 0.25) is 5.88 Å². The third-order valence-electron chi connectivity index (χ3n) is 1.56. The van der Waals surface area contributed by atoms with Crippen molar-refractivity contribution in [2.75, 3.05) is 11.9 Å². The summed E-state index contributed by atoms with van der Waals surface area (Å²) in [5.74, 6) is 0.685. The van der Waals surface area contributed by atoms with Gasteiger partial charge in [-0.3, -0.25) is 0 Å². The lowest BCUT2D eigenvalue weighted by atomic mass is 10.2. The minimum absolute atomic E-state index is 0.324. The van der Waals surface area contributed by atoms with E-state index in [1.54, 1.807) is 12.3 Å². The Bertz CT molecular complexity index is 337. The second kappa shape index (κ2) is 5.55. The molecule has 5 heteroatoms. The van der Waals surface area contributed by atoms with E-state index in [1.165, 1.54) is 0 Å². The van der Waals surface area contributed by atoms with E-state index < -0.39 is 0 Å². The molecule has 0 aliphatic heterocycles. The zero-order valence-electron chi connectivity index (χ0n) is 7.77. The van der Waals surface area contributed by atoms with E-state index in [1.807, 2.05) is 6.92 Å². The van der Waals surface area contributed by atoms with Crippen LogP contribution < -0.4 is 4.74 Å². The summed E-state index contributed by atoms with van der Waals surface area (Å²) in [5, 5.41) is 9.33. The van der Waals surface area contributed by atoms with Crippen molar-refractivity contribution in [3.63, 3.8) is 0 Å². The Morgan fingerprint density at radius 1 is 1.71 bits per heavy atom. The summed E-state index contributed by atoms with van der Waals surface area (Å²) >= 11 is 3.23. The lowest BCUT2D eigenvalue weighted by molar-refractivity contribution is 0.324. The molecule has 14 heavy (non-hydrogen) atoms. The quantitative estimate of drug-likeness (QED) is 0.771. The topological polar surface area (TPSA) is 58.8 Å². The van der Waals surface area contributed by atoms with E-state index in [-0.39, 0.29) is 5.92 Å². The van der Waals surface area contributed by atoms with Crippen molar-refractivity contribution in [1.29, 1.82) is 5.26 Å². The Labute approximate surface area is 91.1 Å². The van der Waals surface area contributed by atoms with Gasteiger partial charge < -0.3 is 4.74 Å². The highest BCUT2D eigenvalue weighted by Gasteiger charge is 2.12. The first-order chi connectivity index (χ1) is 6.81. The first kappa shape index (κ1) is 10.9. The highest BCUT2D eigenvalue weighted by atomic mass is 79.9. The van der Waals surface area contributed by atoms with Gasteiger partial charge in [0.25, 0.3) is 0 Å². The molecule has 0 bridgehead atoms. The number of nitriles is 1. The monoisotopic (exact) mass is 255 g/mol. The van der Waals surface area contributed by atoms with E-state index >= 15 is 0 Å². The number of rotatable bonds is 4. The first-order valence-corrected chi connectivity index (χ1v) is 5.35. The molecule has 0 N–H and O–H groups in total. The number of ether oxygens (including phenoxy) is 1.